The topological polar surface area (TPSA) is 142 Å². The maximum Gasteiger partial charge on any atom is 2.00 e. The summed E-state index contributed by atoms with van der Waals surface area (Å²) in [6, 6.07) is 46.3. The van der Waals surface area contributed by atoms with E-state index in [0.717, 1.165) is 44.5 Å². The Labute approximate surface area is 888 Å². The summed E-state index contributed by atoms with van der Waals surface area (Å²) in [5.74, 6) is 3.50. The zero-order valence-corrected chi connectivity index (χ0v) is 80.7. The average molecular weight is 1750 g/mol. The molecule has 578 valence electrons. The standard InChI is InChI=1S/C80H48B48N8O4.Zn/c81-105-65-73(113-89,121(65)97)25-33-13-34(26-74(114-90)66(106-82)122(74)98)18-41(17-33)137-49-9-1-5-45-53(49)61-131-57(45)129-58-46-6-2-10-50(138-42-19-35(27-75(115-91)67(107-83)123(75)99)14-36(20-42)28-76(116-92)68(108-84)124(76)100)54(46)63(132-58)136-64-56-48(8-4-12-52(56)140-44-23-39(31-79(119-95)71(111-87)127(79)103)16-40(24-44)32-80(120-96)72(112-88)128(80)104)60(134-64)130-59-47-7-3-11-51(55(47)62(133-59)135-61)139-43-21-37(29-77(117-93)69(109-85)125(77)101)15-38(22-43)30-78(118-94)70(110-86)126(78)102;/h1-24,65-72H,25-32H2;/q-2;+2/i105-1,106-1,107-1,108-1,109-1,110-1,111-1,112-1,113-1,114-1,115-1,116-1,117-1,118-1,119-1,120-1,121-1,122-1,123-1,124-1,125-1,126-1,127-1,128-1;. The molecule has 11 aromatic rings. The molecule has 8 bridgehead atoms. The summed E-state index contributed by atoms with van der Waals surface area (Å²) in [5.41, 5.74) is 7.37. The van der Waals surface area contributed by atoms with Crippen LogP contribution in [0.25, 0.3) is 89.7 Å². The Morgan fingerprint density at radius 1 is 0.248 bits per heavy atom. The fourth-order valence-corrected chi connectivity index (χ4v) is 24.1. The first-order valence-electron chi connectivity index (χ1n) is 47.0. The van der Waals surface area contributed by atoms with Gasteiger partial charge in [0.25, 0.3) is 0 Å². The second-order valence-corrected chi connectivity index (χ2v) is 40.1. The van der Waals surface area contributed by atoms with Crippen molar-refractivity contribution in [1.29, 1.82) is 0 Å². The van der Waals surface area contributed by atoms with Crippen molar-refractivity contribution in [2.75, 3.05) is 0 Å². The molecular weight excluding hydrogens is 1700 g/mol. The van der Waals surface area contributed by atoms with Crippen LogP contribution in [0.15, 0.2) is 146 Å². The number of hydrogen-bond donors (Lipinski definition) is 0. The molecule has 12 nitrogen and oxygen atoms in total. The van der Waals surface area contributed by atoms with Gasteiger partial charge in [0.15, 0.2) is 0 Å². The van der Waals surface area contributed by atoms with E-state index in [1.54, 1.807) is 115 Å². The normalized spacial score (nSPS) is 27.1. The monoisotopic (exact) mass is 1750 g/mol. The van der Waals surface area contributed by atoms with Gasteiger partial charge >= 0.3 is 19.5 Å². The molecule has 16 unspecified atom stereocenters. The molecule has 3 aromatic heterocycles. The molecule has 10 aliphatic heterocycles. The van der Waals surface area contributed by atoms with Crippen LogP contribution in [0.3, 0.4) is 0 Å². The zero-order chi connectivity index (χ0) is 98.1. The van der Waals surface area contributed by atoms with Crippen LogP contribution in [-0.4, -0.2) is 383 Å². The van der Waals surface area contributed by atoms with Crippen LogP contribution in [-0.2, 0) is 70.8 Å². The average Bonchev–Trinajstić information content (AvgIpc) is 1.56. The quantitative estimate of drug-likeness (QED) is 0.0472. The third-order valence-electron chi connectivity index (χ3n) is 33.0. The molecule has 0 amide bonds. The van der Waals surface area contributed by atoms with Gasteiger partial charge in [-0.1, -0.05) is 72.8 Å². The van der Waals surface area contributed by atoms with Gasteiger partial charge in [-0.3, -0.25) is 0 Å². The Bertz CT molecular complexity index is 6330. The van der Waals surface area contributed by atoms with Gasteiger partial charge in [-0.05, 0) is 179 Å². The van der Waals surface area contributed by atoms with Crippen molar-refractivity contribution >= 4 is 397 Å². The van der Waals surface area contributed by atoms with Gasteiger partial charge in [-0.2, -0.15) is 0 Å². The fraction of sp³-hybridized carbons (Fsp3) is 0.300. The van der Waals surface area contributed by atoms with E-state index >= 15 is 0 Å². The molecule has 64 radical (unpaired) electrons. The van der Waals surface area contributed by atoms with Crippen molar-refractivity contribution < 1.29 is 38.4 Å². The van der Waals surface area contributed by atoms with Crippen molar-refractivity contribution in [3.63, 3.8) is 0 Å². The van der Waals surface area contributed by atoms with Crippen molar-refractivity contribution in [3.8, 4) is 91.5 Å². The first-order valence-corrected chi connectivity index (χ1v) is 47.0. The summed E-state index contributed by atoms with van der Waals surface area (Å²) in [7, 11) is 183. The third kappa shape index (κ3) is 17.1. The molecule has 10 aliphatic rings. The molecule has 0 spiro atoms. The first kappa shape index (κ1) is 102. The van der Waals surface area contributed by atoms with Crippen LogP contribution in [0, 0.1) is 0 Å². The molecule has 8 fully saturated rings. The maximum atomic E-state index is 7.38. The summed E-state index contributed by atoms with van der Waals surface area (Å²) in [4.78, 5) is 44.4. The van der Waals surface area contributed by atoms with E-state index in [1.807, 2.05) is 121 Å². The van der Waals surface area contributed by atoms with Gasteiger partial charge in [-0.15, -0.1) is 87.4 Å². The van der Waals surface area contributed by atoms with Crippen molar-refractivity contribution in [2.45, 2.75) is 139 Å². The van der Waals surface area contributed by atoms with E-state index in [2.05, 4.69) is 24.3 Å². The molecule has 16 atom stereocenters. The minimum absolute atomic E-state index is 0. The molecule has 0 aliphatic carbocycles. The molecule has 8 saturated heterocycles. The summed E-state index contributed by atoms with van der Waals surface area (Å²) in [5, 5.41) is -3.63. The van der Waals surface area contributed by atoms with Gasteiger partial charge in [0.2, 0.25) is 0 Å². The van der Waals surface area contributed by atoms with Crippen LogP contribution in [0.5, 0.6) is 46.0 Å². The number of fused-ring (bicyclic) bond motifs is 20. The second kappa shape index (κ2) is 39.2. The Morgan fingerprint density at radius 2 is 0.447 bits per heavy atom. The molecule has 8 aromatic carbocycles. The molecular formula is C80H48B48N8O4Zn. The van der Waals surface area contributed by atoms with Crippen molar-refractivity contribution in [2.24, 2.45) is 0 Å². The van der Waals surface area contributed by atoms with Gasteiger partial charge in [0.1, 0.15) is 46.0 Å². The summed E-state index contributed by atoms with van der Waals surface area (Å²) < 4.78 is 29.5. The van der Waals surface area contributed by atoms with Crippen molar-refractivity contribution in [1.82, 2.24) is 39.9 Å². The van der Waals surface area contributed by atoms with E-state index in [0.29, 0.717) is 141 Å². The van der Waals surface area contributed by atoms with E-state index < -0.39 is 41.7 Å². The Kier molecular flexibility index (Phi) is 28.4. The maximum absolute atomic E-state index is 7.38. The molecule has 141 heavy (non-hydrogen) atoms. The number of benzene rings is 8. The van der Waals surface area contributed by atoms with E-state index in [1.165, 1.54) is 0 Å². The zero-order valence-electron chi connectivity index (χ0n) is 77.8. The van der Waals surface area contributed by atoms with E-state index in [-0.39, 0.29) is 164 Å². The molecule has 13 heterocycles. The van der Waals surface area contributed by atoms with Crippen LogP contribution >= 0.6 is 0 Å². The molecule has 21 rings (SSSR count). The smallest absolute Gasteiger partial charge is 0.457 e. The van der Waals surface area contributed by atoms with Crippen LogP contribution < -0.4 is 28.9 Å². The SMILES string of the molecule is [B][10B]C1[10B]([B])C1([10B][B])Cc1cc(CC2([10B][B])[10B]([B])C2[10B][B])cc(Oc2cccc3c2-c2nc-3nc3[n-]c(nc4nc(nc5[n-]c(n2)c2c(Oc6cc(CC7([10B][B])[10B]([B])C7[10B][B])cc(CC7([10B][B])[10B]([B])C7[10B][B])c6)cccc52)-c2cccc(Oc5cc(CC6([10B][B])[10B]([B])C6[10B][B])cc(CC6([10B][B])[10B]([B])C6[10B][B])c5)c2-4)c2c(Oc4cc(CC5([10B][B])[10B]([B])C5[10B][B])cc(CC5([10B][B])[10B]([B])C5[10B][B])c4)cccc32)c1.[Zn+2]. The van der Waals surface area contributed by atoms with Crippen LogP contribution in [0.2, 0.25) is 87.4 Å². The Hall–Kier alpha value is -5.94. The van der Waals surface area contributed by atoms with E-state index in [9.17, 15) is 0 Å². The van der Waals surface area contributed by atoms with Crippen LogP contribution in [0.1, 0.15) is 44.5 Å². The minimum Gasteiger partial charge on any atom is -0.457 e. The van der Waals surface area contributed by atoms with E-state index in [4.69, 9.17) is 245 Å². The van der Waals surface area contributed by atoms with Gasteiger partial charge in [0.05, 0.1) is 145 Å². The number of aromatic nitrogens is 8. The summed E-state index contributed by atoms with van der Waals surface area (Å²) in [6.07, 6.45) is 3.18. The molecule has 61 heteroatoms. The predicted molar refractivity (Wildman–Crippen MR) is 617 cm³/mol. The van der Waals surface area contributed by atoms with Gasteiger partial charge in [0, 0.05) is 288 Å². The largest absolute Gasteiger partial charge is 2.00 e. The number of rotatable bonds is 40. The number of nitrogens with zero attached hydrogens (tertiary/aromatic N) is 8. The minimum atomic E-state index is -0.676. The van der Waals surface area contributed by atoms with Gasteiger partial charge in [-0.25, -0.2) is 9.97 Å². The predicted octanol–water partition coefficient (Wildman–Crippen LogP) is -0.169. The van der Waals surface area contributed by atoms with Crippen molar-refractivity contribution in [3.05, 3.63) is 190 Å². The second-order valence-electron chi connectivity index (χ2n) is 40.1. The van der Waals surface area contributed by atoms with Crippen LogP contribution in [0.4, 0.5) is 0 Å². The Balaban J connectivity index is 0.0000122. The Morgan fingerprint density at radius 3 is 0.652 bits per heavy atom. The first-order chi connectivity index (χ1) is 67.6. The number of ether oxygens (including phenoxy) is 4. The number of hydrogen-bond acceptors (Lipinski definition) is 10. The summed E-state index contributed by atoms with van der Waals surface area (Å²) in [6.45, 7) is -2.87. The van der Waals surface area contributed by atoms with Gasteiger partial charge < -0.3 is 48.9 Å². The summed E-state index contributed by atoms with van der Waals surface area (Å²) >= 11 is 0. The molecule has 0 saturated carbocycles. The fourth-order valence-electron chi connectivity index (χ4n) is 24.1. The molecule has 0 N–H and O–H groups in total. The third-order valence-corrected chi connectivity index (χ3v) is 33.0.